The lowest BCUT2D eigenvalue weighted by Crippen LogP contribution is -2.62. The van der Waals surface area contributed by atoms with E-state index in [1.807, 2.05) is 0 Å². The van der Waals surface area contributed by atoms with Gasteiger partial charge in [-0.05, 0) is 171 Å². The molecule has 5 aliphatic rings. The summed E-state index contributed by atoms with van der Waals surface area (Å²) >= 11 is 0. The smallest absolute Gasteiger partial charge is 0.375 e. The summed E-state index contributed by atoms with van der Waals surface area (Å²) in [6, 6.07) is 58.4. The SMILES string of the molecule is Cc1cc(C)c(-c2cc3c4c(c2)N(c2cc5c(cc2C)C(C)(C)CCC5(C)C)c2c(oc5ccccc25)B4N2c4ccccc4C4(c5ccccc5-c5ccccc54)c4cccc-3c42)c(C)c1. The molecule has 324 valence electrons. The van der Waals surface area contributed by atoms with Gasteiger partial charge in [0.15, 0.2) is 0 Å². The Morgan fingerprint density at radius 1 is 0.478 bits per heavy atom. The monoisotopic (exact) mass is 864 g/mol. The highest BCUT2D eigenvalue weighted by Crippen LogP contribution is 2.65. The zero-order valence-electron chi connectivity index (χ0n) is 39.7. The van der Waals surface area contributed by atoms with Crippen molar-refractivity contribution in [1.82, 2.24) is 0 Å². The molecule has 3 nitrogen and oxygen atoms in total. The van der Waals surface area contributed by atoms with Crippen LogP contribution in [0.4, 0.5) is 28.4 Å². The van der Waals surface area contributed by atoms with Gasteiger partial charge in [0.25, 0.3) is 0 Å². The number of anilines is 5. The summed E-state index contributed by atoms with van der Waals surface area (Å²) in [5.74, 6) is 0. The molecule has 3 aliphatic heterocycles. The van der Waals surface area contributed by atoms with Crippen LogP contribution in [0.1, 0.15) is 96.2 Å². The standard InChI is InChI=1S/C63H53BN2O/c1-36-30-38(3)56(39(4)31-36)40-33-45-43-21-17-25-49-58(43)66(52-26-15-14-24-48(52)63(49)46-22-12-9-18-41(46)42-19-10-13-23-47(42)63)64-57(45)54(34-40)65(59-44-20-11-16-27-55(44)67-60(59)64)53-35-51-50(32-37(53)2)61(5,6)28-29-62(51,7)8/h9-27,30-35H,28-29H2,1-8H3. The van der Waals surface area contributed by atoms with Crippen LogP contribution in [0.5, 0.6) is 0 Å². The molecule has 0 atom stereocenters. The summed E-state index contributed by atoms with van der Waals surface area (Å²) in [5.41, 5.74) is 30.0. The molecule has 0 fully saturated rings. The molecule has 9 aromatic rings. The molecular formula is C63H53BN2O. The second-order valence-corrected chi connectivity index (χ2v) is 21.7. The number of nitrogens with zero attached hydrogens (tertiary/aromatic N) is 2. The van der Waals surface area contributed by atoms with Gasteiger partial charge < -0.3 is 14.1 Å². The van der Waals surface area contributed by atoms with Gasteiger partial charge in [-0.1, -0.05) is 149 Å². The molecule has 0 amide bonds. The molecule has 4 heteroatoms. The minimum absolute atomic E-state index is 0.0323. The third-order valence-corrected chi connectivity index (χ3v) is 16.9. The van der Waals surface area contributed by atoms with Gasteiger partial charge in [0.2, 0.25) is 0 Å². The fraction of sp³-hybridized carbons (Fsp3) is 0.206. The maximum atomic E-state index is 7.46. The number of fused-ring (bicyclic) bond motifs is 16. The number of hydrogen-bond donors (Lipinski definition) is 0. The summed E-state index contributed by atoms with van der Waals surface area (Å²) in [6.45, 7) is 18.7. The molecule has 8 aromatic carbocycles. The Bertz CT molecular complexity index is 3610. The fourth-order valence-electron chi connectivity index (χ4n) is 14.0. The summed E-state index contributed by atoms with van der Waals surface area (Å²) in [5, 5.41) is 1.13. The van der Waals surface area contributed by atoms with Gasteiger partial charge in [0.1, 0.15) is 11.2 Å². The quantitative estimate of drug-likeness (QED) is 0.161. The average Bonchev–Trinajstić information content (AvgIpc) is 3.84. The van der Waals surface area contributed by atoms with Gasteiger partial charge in [-0.25, -0.2) is 0 Å². The van der Waals surface area contributed by atoms with E-state index in [2.05, 4.69) is 217 Å². The van der Waals surface area contributed by atoms with Crippen molar-refractivity contribution in [3.05, 3.63) is 207 Å². The summed E-state index contributed by atoms with van der Waals surface area (Å²) in [7, 11) is 0. The second kappa shape index (κ2) is 13.1. The summed E-state index contributed by atoms with van der Waals surface area (Å²) in [4.78, 5) is 5.31. The van der Waals surface area contributed by atoms with E-state index in [1.165, 1.54) is 124 Å². The molecule has 14 rings (SSSR count). The average molecular weight is 865 g/mol. The van der Waals surface area contributed by atoms with Crippen molar-refractivity contribution in [3.8, 4) is 33.4 Å². The third kappa shape index (κ3) is 4.88. The van der Waals surface area contributed by atoms with E-state index in [9.17, 15) is 0 Å². The second-order valence-electron chi connectivity index (χ2n) is 21.7. The highest BCUT2D eigenvalue weighted by molar-refractivity contribution is 6.93. The molecule has 4 heterocycles. The van der Waals surface area contributed by atoms with Crippen LogP contribution in [0.15, 0.2) is 156 Å². The highest BCUT2D eigenvalue weighted by Gasteiger charge is 2.57. The predicted octanol–water partition coefficient (Wildman–Crippen LogP) is 15.1. The Morgan fingerprint density at radius 2 is 1.07 bits per heavy atom. The van der Waals surface area contributed by atoms with Crippen LogP contribution in [0.2, 0.25) is 0 Å². The molecule has 67 heavy (non-hydrogen) atoms. The van der Waals surface area contributed by atoms with Crippen molar-refractivity contribution in [2.45, 2.75) is 84.5 Å². The maximum absolute atomic E-state index is 7.46. The predicted molar refractivity (Wildman–Crippen MR) is 280 cm³/mol. The van der Waals surface area contributed by atoms with Gasteiger partial charge in [0.05, 0.1) is 11.1 Å². The van der Waals surface area contributed by atoms with Crippen LogP contribution >= 0.6 is 0 Å². The Labute approximate surface area is 394 Å². The van der Waals surface area contributed by atoms with Crippen LogP contribution in [0.3, 0.4) is 0 Å². The van der Waals surface area contributed by atoms with E-state index in [4.69, 9.17) is 4.42 Å². The number of benzene rings is 8. The van der Waals surface area contributed by atoms with Crippen LogP contribution in [-0.2, 0) is 16.2 Å². The number of furan rings is 1. The van der Waals surface area contributed by atoms with Crippen molar-refractivity contribution in [3.63, 3.8) is 0 Å². The molecule has 0 unspecified atom stereocenters. The lowest BCUT2D eigenvalue weighted by molar-refractivity contribution is 0.332. The van der Waals surface area contributed by atoms with Crippen LogP contribution in [0, 0.1) is 27.7 Å². The van der Waals surface area contributed by atoms with Gasteiger partial charge >= 0.3 is 6.85 Å². The van der Waals surface area contributed by atoms with Crippen LogP contribution in [0.25, 0.3) is 44.3 Å². The summed E-state index contributed by atoms with van der Waals surface area (Å²) < 4.78 is 7.46. The Balaban J connectivity index is 1.16. The Hall–Kier alpha value is -7.04. The van der Waals surface area contributed by atoms with Crippen molar-refractivity contribution < 1.29 is 4.42 Å². The molecular weight excluding hydrogens is 812 g/mol. The van der Waals surface area contributed by atoms with Crippen molar-refractivity contribution in [1.29, 1.82) is 0 Å². The zero-order chi connectivity index (χ0) is 45.5. The molecule has 0 N–H and O–H groups in total. The Kier molecular flexibility index (Phi) is 7.66. The first-order valence-electron chi connectivity index (χ1n) is 24.3. The number of rotatable bonds is 2. The topological polar surface area (TPSA) is 19.6 Å². The molecule has 0 bridgehead atoms. The minimum Gasteiger partial charge on any atom is -0.466 e. The summed E-state index contributed by atoms with van der Waals surface area (Å²) in [6.07, 6.45) is 2.33. The molecule has 1 aromatic heterocycles. The van der Waals surface area contributed by atoms with Crippen molar-refractivity contribution >= 4 is 57.4 Å². The van der Waals surface area contributed by atoms with E-state index < -0.39 is 5.41 Å². The first-order chi connectivity index (χ1) is 32.4. The highest BCUT2D eigenvalue weighted by atomic mass is 16.3. The minimum atomic E-state index is -0.522. The third-order valence-electron chi connectivity index (χ3n) is 16.9. The number of aryl methyl sites for hydroxylation is 4. The van der Waals surface area contributed by atoms with Gasteiger partial charge in [-0.3, -0.25) is 0 Å². The normalized spacial score (nSPS) is 16.8. The van der Waals surface area contributed by atoms with Crippen LogP contribution in [-0.4, -0.2) is 6.85 Å². The first kappa shape index (κ1) is 39.2. The lowest BCUT2D eigenvalue weighted by atomic mass is 9.44. The largest absolute Gasteiger partial charge is 0.466 e. The fourth-order valence-corrected chi connectivity index (χ4v) is 14.0. The molecule has 0 saturated carbocycles. The van der Waals surface area contributed by atoms with E-state index in [0.29, 0.717) is 0 Å². The molecule has 0 radical (unpaired) electrons. The van der Waals surface area contributed by atoms with Gasteiger partial charge in [0, 0.05) is 33.7 Å². The van der Waals surface area contributed by atoms with Crippen molar-refractivity contribution in [2.75, 3.05) is 9.71 Å². The maximum Gasteiger partial charge on any atom is 0.375 e. The van der Waals surface area contributed by atoms with Gasteiger partial charge in [-0.2, -0.15) is 0 Å². The lowest BCUT2D eigenvalue weighted by Gasteiger charge is -2.51. The first-order valence-corrected chi connectivity index (χ1v) is 24.3. The Morgan fingerprint density at radius 3 is 1.79 bits per heavy atom. The van der Waals surface area contributed by atoms with Crippen LogP contribution < -0.4 is 20.8 Å². The van der Waals surface area contributed by atoms with E-state index in [0.717, 1.165) is 28.7 Å². The number of para-hydroxylation sites is 3. The van der Waals surface area contributed by atoms with E-state index in [1.54, 1.807) is 0 Å². The molecule has 0 saturated heterocycles. The number of hydrogen-bond acceptors (Lipinski definition) is 3. The van der Waals surface area contributed by atoms with Crippen molar-refractivity contribution in [2.24, 2.45) is 0 Å². The zero-order valence-corrected chi connectivity index (χ0v) is 39.7. The van der Waals surface area contributed by atoms with E-state index >= 15 is 0 Å². The molecule has 2 aliphatic carbocycles. The molecule has 1 spiro atoms. The van der Waals surface area contributed by atoms with E-state index in [-0.39, 0.29) is 17.7 Å². The van der Waals surface area contributed by atoms with Gasteiger partial charge in [-0.15, -0.1) is 0 Å².